The SMILES string of the molecule is NC(=O)C1CCN(c2nc(Cl)nc(-n3cccn3)n2)C1. The molecule has 0 spiro atoms. The van der Waals surface area contributed by atoms with Crippen molar-refractivity contribution in [3.63, 3.8) is 0 Å². The van der Waals surface area contributed by atoms with Crippen molar-refractivity contribution in [2.24, 2.45) is 11.7 Å². The van der Waals surface area contributed by atoms with E-state index in [4.69, 9.17) is 17.3 Å². The number of nitrogens with zero attached hydrogens (tertiary/aromatic N) is 6. The number of anilines is 1. The highest BCUT2D eigenvalue weighted by Gasteiger charge is 2.28. The second-order valence-corrected chi connectivity index (χ2v) is 4.83. The second kappa shape index (κ2) is 5.04. The van der Waals surface area contributed by atoms with E-state index in [0.29, 0.717) is 31.4 Å². The predicted molar refractivity (Wildman–Crippen MR) is 71.5 cm³/mol. The van der Waals surface area contributed by atoms with Crippen molar-refractivity contribution < 1.29 is 4.79 Å². The van der Waals surface area contributed by atoms with Crippen LogP contribution in [0.3, 0.4) is 0 Å². The molecule has 0 aromatic carbocycles. The highest BCUT2D eigenvalue weighted by molar-refractivity contribution is 6.28. The maximum atomic E-state index is 11.2. The Morgan fingerprint density at radius 2 is 2.15 bits per heavy atom. The molecular formula is C11H12ClN7O. The molecule has 1 aliphatic rings. The molecule has 2 aromatic rings. The van der Waals surface area contributed by atoms with E-state index in [2.05, 4.69) is 20.1 Å². The highest BCUT2D eigenvalue weighted by atomic mass is 35.5. The van der Waals surface area contributed by atoms with E-state index >= 15 is 0 Å². The smallest absolute Gasteiger partial charge is 0.256 e. The Kier molecular flexibility index (Phi) is 3.23. The molecule has 1 fully saturated rings. The third kappa shape index (κ3) is 2.42. The summed E-state index contributed by atoms with van der Waals surface area (Å²) in [6.45, 7) is 1.15. The van der Waals surface area contributed by atoms with Gasteiger partial charge in [-0.15, -0.1) is 0 Å². The van der Waals surface area contributed by atoms with E-state index in [0.717, 1.165) is 0 Å². The third-order valence-corrected chi connectivity index (χ3v) is 3.34. The van der Waals surface area contributed by atoms with Crippen LogP contribution in [0.4, 0.5) is 5.95 Å². The molecule has 0 bridgehead atoms. The van der Waals surface area contributed by atoms with E-state index < -0.39 is 0 Å². The quantitative estimate of drug-likeness (QED) is 0.856. The average molecular weight is 294 g/mol. The zero-order valence-electron chi connectivity index (χ0n) is 10.5. The molecule has 9 heteroatoms. The van der Waals surface area contributed by atoms with Gasteiger partial charge in [-0.1, -0.05) is 0 Å². The van der Waals surface area contributed by atoms with Crippen LogP contribution in [0.15, 0.2) is 18.5 Å². The Morgan fingerprint density at radius 1 is 1.35 bits per heavy atom. The van der Waals surface area contributed by atoms with Gasteiger partial charge in [0.2, 0.25) is 17.1 Å². The Labute approximate surface area is 119 Å². The lowest BCUT2D eigenvalue weighted by molar-refractivity contribution is -0.121. The number of halogens is 1. The lowest BCUT2D eigenvalue weighted by Gasteiger charge is -2.16. The molecule has 0 radical (unpaired) electrons. The molecule has 1 saturated heterocycles. The molecule has 1 aliphatic heterocycles. The minimum atomic E-state index is -0.306. The van der Waals surface area contributed by atoms with Crippen molar-refractivity contribution in [2.45, 2.75) is 6.42 Å². The molecule has 2 N–H and O–H groups in total. The van der Waals surface area contributed by atoms with Gasteiger partial charge in [-0.25, -0.2) is 4.68 Å². The zero-order chi connectivity index (χ0) is 14.1. The zero-order valence-corrected chi connectivity index (χ0v) is 11.2. The molecule has 104 valence electrons. The van der Waals surface area contributed by atoms with E-state index in [9.17, 15) is 4.79 Å². The van der Waals surface area contributed by atoms with E-state index in [1.165, 1.54) is 4.68 Å². The second-order valence-electron chi connectivity index (χ2n) is 4.49. The Bertz CT molecular complexity index is 630. The molecule has 20 heavy (non-hydrogen) atoms. The molecule has 1 amide bonds. The number of carbonyl (C=O) groups is 1. The summed E-state index contributed by atoms with van der Waals surface area (Å²) in [6.07, 6.45) is 4.03. The summed E-state index contributed by atoms with van der Waals surface area (Å²) in [5, 5.41) is 4.14. The first-order chi connectivity index (χ1) is 9.63. The maximum Gasteiger partial charge on any atom is 0.256 e. The summed E-state index contributed by atoms with van der Waals surface area (Å²) in [7, 11) is 0. The van der Waals surface area contributed by atoms with Crippen molar-refractivity contribution in [1.82, 2.24) is 24.7 Å². The third-order valence-electron chi connectivity index (χ3n) is 3.17. The van der Waals surface area contributed by atoms with Crippen LogP contribution in [0.2, 0.25) is 5.28 Å². The Balaban J connectivity index is 1.89. The number of carbonyl (C=O) groups excluding carboxylic acids is 1. The maximum absolute atomic E-state index is 11.2. The monoisotopic (exact) mass is 293 g/mol. The number of amides is 1. The molecule has 1 unspecified atom stereocenters. The number of hydrogen-bond acceptors (Lipinski definition) is 6. The van der Waals surface area contributed by atoms with Crippen LogP contribution >= 0.6 is 11.6 Å². The summed E-state index contributed by atoms with van der Waals surface area (Å²) in [6, 6.07) is 1.76. The predicted octanol–water partition coefficient (Wildman–Crippen LogP) is 0.0223. The van der Waals surface area contributed by atoms with Gasteiger partial charge in [0.05, 0.1) is 5.92 Å². The first kappa shape index (κ1) is 12.8. The first-order valence-corrected chi connectivity index (χ1v) is 6.47. The molecule has 2 aromatic heterocycles. The lowest BCUT2D eigenvalue weighted by atomic mass is 10.1. The van der Waals surface area contributed by atoms with Gasteiger partial charge in [-0.3, -0.25) is 4.79 Å². The van der Waals surface area contributed by atoms with Crippen LogP contribution in [0, 0.1) is 5.92 Å². The number of primary amides is 1. The van der Waals surface area contributed by atoms with E-state index in [1.54, 1.807) is 18.5 Å². The average Bonchev–Trinajstić information content (AvgIpc) is 3.10. The molecule has 0 saturated carbocycles. The molecular weight excluding hydrogens is 282 g/mol. The van der Waals surface area contributed by atoms with Gasteiger partial charge in [-0.05, 0) is 24.1 Å². The van der Waals surface area contributed by atoms with Crippen molar-refractivity contribution in [3.05, 3.63) is 23.7 Å². The van der Waals surface area contributed by atoms with E-state index in [-0.39, 0.29) is 17.1 Å². The summed E-state index contributed by atoms with van der Waals surface area (Å²) in [4.78, 5) is 25.5. The van der Waals surface area contributed by atoms with E-state index in [1.807, 2.05) is 4.90 Å². The van der Waals surface area contributed by atoms with Gasteiger partial charge < -0.3 is 10.6 Å². The largest absolute Gasteiger partial charge is 0.369 e. The number of rotatable bonds is 3. The fraction of sp³-hybridized carbons (Fsp3) is 0.364. The summed E-state index contributed by atoms with van der Waals surface area (Å²) >= 11 is 5.92. The normalized spacial score (nSPS) is 18.4. The van der Waals surface area contributed by atoms with Crippen molar-refractivity contribution in [3.8, 4) is 5.95 Å². The minimum absolute atomic E-state index is 0.0861. The lowest BCUT2D eigenvalue weighted by Crippen LogP contribution is -2.28. The first-order valence-electron chi connectivity index (χ1n) is 6.09. The van der Waals surface area contributed by atoms with Gasteiger partial charge in [0.1, 0.15) is 0 Å². The fourth-order valence-corrected chi connectivity index (χ4v) is 2.29. The molecule has 1 atom stereocenters. The summed E-state index contributed by atoms with van der Waals surface area (Å²) in [5.41, 5.74) is 5.32. The molecule has 0 aliphatic carbocycles. The van der Waals surface area contributed by atoms with Crippen molar-refractivity contribution >= 4 is 23.5 Å². The summed E-state index contributed by atoms with van der Waals surface area (Å²) in [5.74, 6) is 0.283. The number of nitrogens with two attached hydrogens (primary N) is 1. The molecule has 3 rings (SSSR count). The van der Waals surface area contributed by atoms with Crippen LogP contribution in [-0.4, -0.2) is 43.7 Å². The van der Waals surface area contributed by atoms with Crippen LogP contribution in [0.25, 0.3) is 5.95 Å². The number of aromatic nitrogens is 5. The topological polar surface area (TPSA) is 103 Å². The fourth-order valence-electron chi connectivity index (χ4n) is 2.13. The standard InChI is InChI=1S/C11H12ClN7O/c12-9-15-10(18-5-2-7(6-18)8(13)20)17-11(16-9)19-4-1-3-14-19/h1,3-4,7H,2,5-6H2,(H2,13,20). The molecule has 3 heterocycles. The Hall–Kier alpha value is -2.22. The van der Waals surface area contributed by atoms with Crippen LogP contribution < -0.4 is 10.6 Å². The van der Waals surface area contributed by atoms with Gasteiger partial charge >= 0.3 is 0 Å². The molecule has 8 nitrogen and oxygen atoms in total. The van der Waals surface area contributed by atoms with Crippen LogP contribution in [0.1, 0.15) is 6.42 Å². The van der Waals surface area contributed by atoms with Gasteiger partial charge in [0.15, 0.2) is 0 Å². The van der Waals surface area contributed by atoms with Crippen LogP contribution in [-0.2, 0) is 4.79 Å². The minimum Gasteiger partial charge on any atom is -0.369 e. The van der Waals surface area contributed by atoms with Crippen molar-refractivity contribution in [1.29, 1.82) is 0 Å². The van der Waals surface area contributed by atoms with Gasteiger partial charge in [0, 0.05) is 25.5 Å². The number of hydrogen-bond donors (Lipinski definition) is 1. The van der Waals surface area contributed by atoms with Crippen LogP contribution in [0.5, 0.6) is 0 Å². The highest BCUT2D eigenvalue weighted by Crippen LogP contribution is 2.21. The van der Waals surface area contributed by atoms with Gasteiger partial charge in [-0.2, -0.15) is 20.1 Å². The van der Waals surface area contributed by atoms with Crippen molar-refractivity contribution in [2.75, 3.05) is 18.0 Å². The summed E-state index contributed by atoms with van der Waals surface area (Å²) < 4.78 is 1.50. The van der Waals surface area contributed by atoms with Gasteiger partial charge in [0.25, 0.3) is 5.95 Å². The Morgan fingerprint density at radius 3 is 2.80 bits per heavy atom.